The maximum Gasteiger partial charge on any atom is 0.239 e. The van der Waals surface area contributed by atoms with E-state index >= 15 is 0 Å². The molecule has 1 aromatic carbocycles. The van der Waals surface area contributed by atoms with E-state index in [1.807, 2.05) is 0 Å². The summed E-state index contributed by atoms with van der Waals surface area (Å²) in [7, 11) is 1.70. The van der Waals surface area contributed by atoms with Gasteiger partial charge < -0.3 is 20.7 Å². The summed E-state index contributed by atoms with van der Waals surface area (Å²) in [4.78, 5) is 20.7. The highest BCUT2D eigenvalue weighted by atomic mass is 16.3. The Morgan fingerprint density at radius 3 is 2.75 bits per heavy atom. The van der Waals surface area contributed by atoms with Gasteiger partial charge in [0.2, 0.25) is 5.91 Å². The summed E-state index contributed by atoms with van der Waals surface area (Å²) in [6.45, 7) is 0.398. The predicted molar refractivity (Wildman–Crippen MR) is 74.8 cm³/mol. The van der Waals surface area contributed by atoms with Crippen LogP contribution in [0.25, 0.3) is 0 Å². The molecule has 6 heteroatoms. The lowest BCUT2D eigenvalue weighted by molar-refractivity contribution is -0.131. The van der Waals surface area contributed by atoms with Gasteiger partial charge in [0, 0.05) is 19.4 Å². The van der Waals surface area contributed by atoms with Crippen LogP contribution in [0.5, 0.6) is 5.75 Å². The van der Waals surface area contributed by atoms with Gasteiger partial charge in [-0.3, -0.25) is 4.79 Å². The van der Waals surface area contributed by atoms with E-state index in [1.165, 1.54) is 0 Å². The molecule has 0 saturated carbocycles. The number of carbonyl (C=O) groups is 1. The molecule has 2 rings (SSSR count). The first kappa shape index (κ1) is 14.1. The number of carbonyl (C=O) groups excluding carboxylic acids is 1. The van der Waals surface area contributed by atoms with Crippen LogP contribution in [-0.2, 0) is 17.8 Å². The SMILES string of the molecule is CN(Cc1ncc[nH]1)C(=O)C(N)Cc1ccc(O)cc1. The molecule has 2 aromatic rings. The standard InChI is InChI=1S/C14H18N4O2/c1-18(9-13-16-6-7-17-13)14(20)12(15)8-10-2-4-11(19)5-3-10/h2-7,12,19H,8-9,15H2,1H3,(H,16,17). The van der Waals surface area contributed by atoms with Gasteiger partial charge in [-0.15, -0.1) is 0 Å². The number of hydrogen-bond donors (Lipinski definition) is 3. The van der Waals surface area contributed by atoms with E-state index < -0.39 is 6.04 Å². The third-order valence-corrected chi connectivity index (χ3v) is 3.03. The summed E-state index contributed by atoms with van der Waals surface area (Å²) >= 11 is 0. The molecular weight excluding hydrogens is 256 g/mol. The molecule has 0 radical (unpaired) electrons. The molecule has 4 N–H and O–H groups in total. The van der Waals surface area contributed by atoms with Crippen LogP contribution in [-0.4, -0.2) is 39.0 Å². The number of imidazole rings is 1. The van der Waals surface area contributed by atoms with Crippen molar-refractivity contribution in [1.29, 1.82) is 0 Å². The number of aromatic nitrogens is 2. The number of nitrogens with zero attached hydrogens (tertiary/aromatic N) is 2. The van der Waals surface area contributed by atoms with E-state index in [1.54, 1.807) is 48.6 Å². The van der Waals surface area contributed by atoms with Crippen molar-refractivity contribution in [1.82, 2.24) is 14.9 Å². The molecular formula is C14H18N4O2. The number of likely N-dealkylation sites (N-methyl/N-ethyl adjacent to an activating group) is 1. The fourth-order valence-electron chi connectivity index (χ4n) is 1.94. The third kappa shape index (κ3) is 3.58. The molecule has 6 nitrogen and oxygen atoms in total. The molecule has 0 fully saturated rings. The van der Waals surface area contributed by atoms with Crippen LogP contribution in [0.2, 0.25) is 0 Å². The number of benzene rings is 1. The van der Waals surface area contributed by atoms with E-state index in [9.17, 15) is 9.90 Å². The molecule has 20 heavy (non-hydrogen) atoms. The van der Waals surface area contributed by atoms with Crippen molar-refractivity contribution in [2.24, 2.45) is 5.73 Å². The van der Waals surface area contributed by atoms with Crippen LogP contribution in [0, 0.1) is 0 Å². The van der Waals surface area contributed by atoms with Gasteiger partial charge in [0.1, 0.15) is 11.6 Å². The first-order valence-electron chi connectivity index (χ1n) is 6.33. The Morgan fingerprint density at radius 2 is 2.15 bits per heavy atom. The molecule has 0 aliphatic rings. The Hall–Kier alpha value is -2.34. The zero-order valence-electron chi connectivity index (χ0n) is 11.3. The topological polar surface area (TPSA) is 95.2 Å². The second-order valence-electron chi connectivity index (χ2n) is 4.71. The minimum absolute atomic E-state index is 0.144. The average Bonchev–Trinajstić information content (AvgIpc) is 2.93. The number of phenolic OH excluding ortho intramolecular Hbond substituents is 1. The molecule has 1 amide bonds. The zero-order chi connectivity index (χ0) is 14.5. The Labute approximate surface area is 117 Å². The first-order chi connectivity index (χ1) is 9.56. The minimum atomic E-state index is -0.612. The van der Waals surface area contributed by atoms with Crippen LogP contribution in [0.1, 0.15) is 11.4 Å². The number of rotatable bonds is 5. The van der Waals surface area contributed by atoms with Crippen LogP contribution in [0.15, 0.2) is 36.7 Å². The Bertz CT molecular complexity index is 551. The normalized spacial score (nSPS) is 12.1. The fourth-order valence-corrected chi connectivity index (χ4v) is 1.94. The molecule has 0 saturated heterocycles. The highest BCUT2D eigenvalue weighted by Crippen LogP contribution is 2.11. The molecule has 0 spiro atoms. The summed E-state index contributed by atoms with van der Waals surface area (Å²) in [6.07, 6.45) is 3.79. The summed E-state index contributed by atoms with van der Waals surface area (Å²) in [5.41, 5.74) is 6.84. The minimum Gasteiger partial charge on any atom is -0.508 e. The fraction of sp³-hybridized carbons (Fsp3) is 0.286. The number of aromatic amines is 1. The van der Waals surface area contributed by atoms with Gasteiger partial charge in [-0.2, -0.15) is 0 Å². The number of amides is 1. The summed E-state index contributed by atoms with van der Waals surface area (Å²) in [6, 6.07) is 6.07. The average molecular weight is 274 g/mol. The quantitative estimate of drug-likeness (QED) is 0.745. The van der Waals surface area contributed by atoms with Crippen molar-refractivity contribution in [3.05, 3.63) is 48.0 Å². The van der Waals surface area contributed by atoms with E-state index in [0.29, 0.717) is 13.0 Å². The number of phenols is 1. The monoisotopic (exact) mass is 274 g/mol. The predicted octanol–water partition coefficient (Wildman–Crippen LogP) is 0.644. The molecule has 1 unspecified atom stereocenters. The lowest BCUT2D eigenvalue weighted by atomic mass is 10.1. The summed E-state index contributed by atoms with van der Waals surface area (Å²) in [5.74, 6) is 0.774. The molecule has 106 valence electrons. The van der Waals surface area contributed by atoms with E-state index in [4.69, 9.17) is 5.73 Å². The summed E-state index contributed by atoms with van der Waals surface area (Å²) < 4.78 is 0. The number of aromatic hydroxyl groups is 1. The second-order valence-corrected chi connectivity index (χ2v) is 4.71. The van der Waals surface area contributed by atoms with Crippen molar-refractivity contribution in [2.75, 3.05) is 7.05 Å². The van der Waals surface area contributed by atoms with E-state index in [2.05, 4.69) is 9.97 Å². The maximum absolute atomic E-state index is 12.2. The van der Waals surface area contributed by atoms with Gasteiger partial charge in [0.05, 0.1) is 12.6 Å². The summed E-state index contributed by atoms with van der Waals surface area (Å²) in [5, 5.41) is 9.22. The maximum atomic E-state index is 12.2. The lowest BCUT2D eigenvalue weighted by Gasteiger charge is -2.20. The molecule has 1 heterocycles. The molecule has 1 atom stereocenters. The van der Waals surface area contributed by atoms with E-state index in [-0.39, 0.29) is 11.7 Å². The largest absolute Gasteiger partial charge is 0.508 e. The van der Waals surface area contributed by atoms with E-state index in [0.717, 1.165) is 11.4 Å². The van der Waals surface area contributed by atoms with Gasteiger partial charge in [-0.1, -0.05) is 12.1 Å². The van der Waals surface area contributed by atoms with Crippen LogP contribution >= 0.6 is 0 Å². The van der Waals surface area contributed by atoms with Gasteiger partial charge in [-0.05, 0) is 24.1 Å². The highest BCUT2D eigenvalue weighted by molar-refractivity contribution is 5.81. The molecule has 0 aliphatic carbocycles. The zero-order valence-corrected chi connectivity index (χ0v) is 11.3. The van der Waals surface area contributed by atoms with Crippen LogP contribution in [0.3, 0.4) is 0 Å². The number of hydrogen-bond acceptors (Lipinski definition) is 4. The van der Waals surface area contributed by atoms with Crippen LogP contribution in [0.4, 0.5) is 0 Å². The first-order valence-corrected chi connectivity index (χ1v) is 6.33. The Morgan fingerprint density at radius 1 is 1.45 bits per heavy atom. The van der Waals surface area contributed by atoms with Crippen molar-refractivity contribution < 1.29 is 9.90 Å². The molecule has 0 aliphatic heterocycles. The number of H-pyrrole nitrogens is 1. The number of nitrogens with one attached hydrogen (secondary N) is 1. The number of nitrogens with two attached hydrogens (primary N) is 1. The van der Waals surface area contributed by atoms with Crippen molar-refractivity contribution in [3.63, 3.8) is 0 Å². The van der Waals surface area contributed by atoms with Gasteiger partial charge in [0.25, 0.3) is 0 Å². The Kier molecular flexibility index (Phi) is 4.37. The Balaban J connectivity index is 1.92. The third-order valence-electron chi connectivity index (χ3n) is 3.03. The molecule has 1 aromatic heterocycles. The second kappa shape index (κ2) is 6.21. The molecule has 0 bridgehead atoms. The van der Waals surface area contributed by atoms with Crippen molar-refractivity contribution >= 4 is 5.91 Å². The van der Waals surface area contributed by atoms with Crippen molar-refractivity contribution in [3.8, 4) is 5.75 Å². The van der Waals surface area contributed by atoms with Gasteiger partial charge in [-0.25, -0.2) is 4.98 Å². The van der Waals surface area contributed by atoms with Gasteiger partial charge >= 0.3 is 0 Å². The van der Waals surface area contributed by atoms with Crippen molar-refractivity contribution in [2.45, 2.75) is 19.0 Å². The lowest BCUT2D eigenvalue weighted by Crippen LogP contribution is -2.42. The van der Waals surface area contributed by atoms with Gasteiger partial charge in [0.15, 0.2) is 0 Å². The smallest absolute Gasteiger partial charge is 0.239 e. The van der Waals surface area contributed by atoms with Crippen LogP contribution < -0.4 is 5.73 Å². The highest BCUT2D eigenvalue weighted by Gasteiger charge is 2.19.